The van der Waals surface area contributed by atoms with Crippen molar-refractivity contribution in [2.45, 2.75) is 26.3 Å². The molecule has 0 aliphatic carbocycles. The Morgan fingerprint density at radius 3 is 2.55 bits per heavy atom. The third kappa shape index (κ3) is 2.36. The standard InChI is InChI=1S/C17H22N4O/c1-12-9-10-19(3)15-7-5-6-8-16(15)21(12)17(22)14-11-20(4)18-13(14)2/h5-8,11-12H,9-10H2,1-4H3. The van der Waals surface area contributed by atoms with Crippen molar-refractivity contribution in [3.63, 3.8) is 0 Å². The predicted molar refractivity (Wildman–Crippen MR) is 88.5 cm³/mol. The van der Waals surface area contributed by atoms with E-state index in [2.05, 4.69) is 30.0 Å². The molecule has 0 spiro atoms. The molecule has 1 unspecified atom stereocenters. The smallest absolute Gasteiger partial charge is 0.262 e. The zero-order chi connectivity index (χ0) is 15.9. The van der Waals surface area contributed by atoms with Crippen molar-refractivity contribution in [1.82, 2.24) is 9.78 Å². The summed E-state index contributed by atoms with van der Waals surface area (Å²) in [7, 11) is 3.92. The first kappa shape index (κ1) is 14.6. The van der Waals surface area contributed by atoms with Gasteiger partial charge in [-0.1, -0.05) is 12.1 Å². The first-order chi connectivity index (χ1) is 10.5. The van der Waals surface area contributed by atoms with Gasteiger partial charge in [0, 0.05) is 32.9 Å². The summed E-state index contributed by atoms with van der Waals surface area (Å²) in [6.45, 7) is 4.93. The maximum absolute atomic E-state index is 13.1. The molecule has 0 fully saturated rings. The number of anilines is 2. The van der Waals surface area contributed by atoms with E-state index in [-0.39, 0.29) is 11.9 Å². The molecule has 1 atom stereocenters. The predicted octanol–water partition coefficient (Wildman–Crippen LogP) is 2.60. The summed E-state index contributed by atoms with van der Waals surface area (Å²) < 4.78 is 1.70. The van der Waals surface area contributed by atoms with Gasteiger partial charge in [-0.3, -0.25) is 9.48 Å². The maximum atomic E-state index is 13.1. The minimum atomic E-state index is 0.0286. The normalized spacial score (nSPS) is 18.1. The molecule has 0 saturated carbocycles. The SMILES string of the molecule is Cc1nn(C)cc1C(=O)N1c2ccccc2N(C)CCC1C. The lowest BCUT2D eigenvalue weighted by atomic mass is 10.1. The van der Waals surface area contributed by atoms with Crippen molar-refractivity contribution in [2.75, 3.05) is 23.4 Å². The third-order valence-corrected chi connectivity index (χ3v) is 4.34. The summed E-state index contributed by atoms with van der Waals surface area (Å²) in [6, 6.07) is 8.25. The molecule has 5 nitrogen and oxygen atoms in total. The molecule has 3 rings (SSSR count). The van der Waals surface area contributed by atoms with Gasteiger partial charge in [-0.2, -0.15) is 5.10 Å². The van der Waals surface area contributed by atoms with Crippen LogP contribution in [0.25, 0.3) is 0 Å². The van der Waals surface area contributed by atoms with Crippen LogP contribution >= 0.6 is 0 Å². The number of rotatable bonds is 1. The van der Waals surface area contributed by atoms with Crippen LogP contribution in [-0.4, -0.2) is 35.3 Å². The highest BCUT2D eigenvalue weighted by Crippen LogP contribution is 2.34. The fraction of sp³-hybridized carbons (Fsp3) is 0.412. The van der Waals surface area contributed by atoms with Crippen molar-refractivity contribution in [1.29, 1.82) is 0 Å². The second-order valence-electron chi connectivity index (χ2n) is 6.02. The van der Waals surface area contributed by atoms with Crippen LogP contribution in [0.15, 0.2) is 30.5 Å². The summed E-state index contributed by atoms with van der Waals surface area (Å²) in [4.78, 5) is 17.3. The number of benzene rings is 1. The van der Waals surface area contributed by atoms with Crippen LogP contribution in [0.1, 0.15) is 29.4 Å². The highest BCUT2D eigenvalue weighted by atomic mass is 16.2. The summed E-state index contributed by atoms with van der Waals surface area (Å²) in [5, 5.41) is 4.31. The molecule has 0 radical (unpaired) electrons. The Balaban J connectivity index is 2.09. The molecule has 0 bridgehead atoms. The summed E-state index contributed by atoms with van der Waals surface area (Å²) in [5.41, 5.74) is 3.52. The van der Waals surface area contributed by atoms with Gasteiger partial charge in [-0.15, -0.1) is 0 Å². The molecule has 1 amide bonds. The van der Waals surface area contributed by atoms with Crippen LogP contribution < -0.4 is 9.80 Å². The van der Waals surface area contributed by atoms with E-state index in [4.69, 9.17) is 0 Å². The van der Waals surface area contributed by atoms with Gasteiger partial charge in [-0.05, 0) is 32.4 Å². The number of aryl methyl sites for hydroxylation is 2. The Kier molecular flexibility index (Phi) is 3.64. The molecule has 22 heavy (non-hydrogen) atoms. The number of fused-ring (bicyclic) bond motifs is 1. The Hall–Kier alpha value is -2.30. The molecular weight excluding hydrogens is 276 g/mol. The Bertz CT molecular complexity index is 706. The Morgan fingerprint density at radius 2 is 1.91 bits per heavy atom. The summed E-state index contributed by atoms with van der Waals surface area (Å²) in [6.07, 6.45) is 2.75. The van der Waals surface area contributed by atoms with E-state index in [0.29, 0.717) is 5.56 Å². The van der Waals surface area contributed by atoms with Crippen LogP contribution in [0, 0.1) is 6.92 Å². The van der Waals surface area contributed by atoms with Crippen molar-refractivity contribution in [2.24, 2.45) is 7.05 Å². The number of carbonyl (C=O) groups is 1. The average Bonchev–Trinajstić information content (AvgIpc) is 2.77. The van der Waals surface area contributed by atoms with Crippen molar-refractivity contribution >= 4 is 17.3 Å². The number of para-hydroxylation sites is 2. The van der Waals surface area contributed by atoms with E-state index in [0.717, 1.165) is 30.0 Å². The fourth-order valence-electron chi connectivity index (χ4n) is 3.11. The lowest BCUT2D eigenvalue weighted by Gasteiger charge is -2.28. The zero-order valence-corrected chi connectivity index (χ0v) is 13.6. The van der Waals surface area contributed by atoms with Crippen LogP contribution in [-0.2, 0) is 7.05 Å². The van der Waals surface area contributed by atoms with Gasteiger partial charge in [0.25, 0.3) is 5.91 Å². The molecule has 5 heteroatoms. The van der Waals surface area contributed by atoms with Crippen LogP contribution in [0.4, 0.5) is 11.4 Å². The number of nitrogens with zero attached hydrogens (tertiary/aromatic N) is 4. The Morgan fingerprint density at radius 1 is 1.23 bits per heavy atom. The van der Waals surface area contributed by atoms with E-state index in [9.17, 15) is 4.79 Å². The first-order valence-electron chi connectivity index (χ1n) is 7.63. The minimum absolute atomic E-state index is 0.0286. The first-order valence-corrected chi connectivity index (χ1v) is 7.63. The molecule has 1 aromatic heterocycles. The minimum Gasteiger partial charge on any atom is -0.373 e. The third-order valence-electron chi connectivity index (χ3n) is 4.34. The lowest BCUT2D eigenvalue weighted by Crippen LogP contribution is -2.38. The van der Waals surface area contributed by atoms with Gasteiger partial charge in [0.1, 0.15) is 0 Å². The van der Waals surface area contributed by atoms with Crippen molar-refractivity contribution in [3.8, 4) is 0 Å². The zero-order valence-electron chi connectivity index (χ0n) is 13.6. The van der Waals surface area contributed by atoms with Gasteiger partial charge >= 0.3 is 0 Å². The van der Waals surface area contributed by atoms with Crippen LogP contribution in [0.3, 0.4) is 0 Å². The lowest BCUT2D eigenvalue weighted by molar-refractivity contribution is 0.0977. The highest BCUT2D eigenvalue weighted by Gasteiger charge is 2.30. The molecule has 1 aromatic carbocycles. The number of amides is 1. The molecule has 2 aromatic rings. The van der Waals surface area contributed by atoms with Gasteiger partial charge in [0.05, 0.1) is 22.6 Å². The van der Waals surface area contributed by atoms with Gasteiger partial charge in [0.15, 0.2) is 0 Å². The van der Waals surface area contributed by atoms with Crippen LogP contribution in [0.5, 0.6) is 0 Å². The number of hydrogen-bond acceptors (Lipinski definition) is 3. The monoisotopic (exact) mass is 298 g/mol. The van der Waals surface area contributed by atoms with Gasteiger partial charge in [0.2, 0.25) is 0 Å². The summed E-state index contributed by atoms with van der Waals surface area (Å²) >= 11 is 0. The largest absolute Gasteiger partial charge is 0.373 e. The van der Waals surface area contributed by atoms with E-state index in [1.54, 1.807) is 4.68 Å². The van der Waals surface area contributed by atoms with E-state index in [1.807, 2.05) is 43.3 Å². The van der Waals surface area contributed by atoms with E-state index >= 15 is 0 Å². The summed E-state index contributed by atoms with van der Waals surface area (Å²) in [5.74, 6) is 0.0286. The molecule has 0 N–H and O–H groups in total. The molecule has 0 saturated heterocycles. The van der Waals surface area contributed by atoms with Gasteiger partial charge in [-0.25, -0.2) is 0 Å². The molecule has 2 heterocycles. The molecular formula is C17H22N4O. The fourth-order valence-corrected chi connectivity index (χ4v) is 3.11. The topological polar surface area (TPSA) is 41.4 Å². The number of aromatic nitrogens is 2. The van der Waals surface area contributed by atoms with E-state index < -0.39 is 0 Å². The second kappa shape index (κ2) is 5.48. The molecule has 1 aliphatic heterocycles. The van der Waals surface area contributed by atoms with Crippen molar-refractivity contribution in [3.05, 3.63) is 41.7 Å². The number of carbonyl (C=O) groups excluding carboxylic acids is 1. The molecule has 116 valence electrons. The van der Waals surface area contributed by atoms with Crippen LogP contribution in [0.2, 0.25) is 0 Å². The quantitative estimate of drug-likeness (QED) is 0.812. The maximum Gasteiger partial charge on any atom is 0.262 e. The van der Waals surface area contributed by atoms with E-state index in [1.165, 1.54) is 0 Å². The number of hydrogen-bond donors (Lipinski definition) is 0. The molecule has 1 aliphatic rings. The Labute approximate surface area is 131 Å². The van der Waals surface area contributed by atoms with Gasteiger partial charge < -0.3 is 9.80 Å². The second-order valence-corrected chi connectivity index (χ2v) is 6.02. The highest BCUT2D eigenvalue weighted by molar-refractivity contribution is 6.08. The van der Waals surface area contributed by atoms with Crippen molar-refractivity contribution < 1.29 is 4.79 Å². The average molecular weight is 298 g/mol.